The van der Waals surface area contributed by atoms with E-state index in [1.807, 2.05) is 12.1 Å². The zero-order chi connectivity index (χ0) is 13.2. The van der Waals surface area contributed by atoms with Crippen molar-refractivity contribution in [1.82, 2.24) is 9.97 Å². The summed E-state index contributed by atoms with van der Waals surface area (Å²) >= 11 is 0. The summed E-state index contributed by atoms with van der Waals surface area (Å²) in [5, 5.41) is 0.930. The number of hydrogen-bond acceptors (Lipinski definition) is 3. The number of hydrogen-bond donors (Lipinski definition) is 1. The molecule has 0 aliphatic carbocycles. The number of nitrogens with one attached hydrogen (secondary N) is 1. The standard InChI is InChI=1S/C15H12N2O2/c1-19-13-4-2-10(3-5-13)14(18)12-8-11-6-7-16-15(11)17-9-12/h2-9H,1H3,(H,16,17). The number of carbonyl (C=O) groups excluding carboxylic acids is 1. The average molecular weight is 252 g/mol. The van der Waals surface area contributed by atoms with Crippen LogP contribution in [0.1, 0.15) is 15.9 Å². The summed E-state index contributed by atoms with van der Waals surface area (Å²) in [6, 6.07) is 10.8. The number of pyridine rings is 1. The van der Waals surface area contributed by atoms with E-state index in [1.165, 1.54) is 0 Å². The van der Waals surface area contributed by atoms with Crippen LogP contribution in [0, 0.1) is 0 Å². The summed E-state index contributed by atoms with van der Waals surface area (Å²) in [7, 11) is 1.60. The maximum absolute atomic E-state index is 12.3. The fraction of sp³-hybridized carbons (Fsp3) is 0.0667. The third-order valence-electron chi connectivity index (χ3n) is 3.01. The molecule has 0 amide bonds. The predicted molar refractivity (Wildman–Crippen MR) is 72.5 cm³/mol. The molecule has 4 nitrogen and oxygen atoms in total. The van der Waals surface area contributed by atoms with Crippen molar-refractivity contribution in [3.63, 3.8) is 0 Å². The van der Waals surface area contributed by atoms with Gasteiger partial charge in [0.25, 0.3) is 0 Å². The van der Waals surface area contributed by atoms with Gasteiger partial charge in [0.2, 0.25) is 0 Å². The minimum absolute atomic E-state index is 0.0433. The van der Waals surface area contributed by atoms with E-state index in [1.54, 1.807) is 43.8 Å². The van der Waals surface area contributed by atoms with Crippen LogP contribution in [0.4, 0.5) is 0 Å². The number of aromatic nitrogens is 2. The van der Waals surface area contributed by atoms with Gasteiger partial charge >= 0.3 is 0 Å². The molecule has 4 heteroatoms. The Labute approximate surface area is 110 Å². The Hall–Kier alpha value is -2.62. The largest absolute Gasteiger partial charge is 0.497 e. The number of ketones is 1. The predicted octanol–water partition coefficient (Wildman–Crippen LogP) is 2.80. The molecule has 0 saturated heterocycles. The van der Waals surface area contributed by atoms with Gasteiger partial charge in [-0.1, -0.05) is 0 Å². The van der Waals surface area contributed by atoms with E-state index < -0.39 is 0 Å². The van der Waals surface area contributed by atoms with Crippen molar-refractivity contribution < 1.29 is 9.53 Å². The molecule has 3 rings (SSSR count). The molecule has 19 heavy (non-hydrogen) atoms. The lowest BCUT2D eigenvalue weighted by Gasteiger charge is -2.03. The average Bonchev–Trinajstić information content (AvgIpc) is 2.94. The molecule has 0 bridgehead atoms. The van der Waals surface area contributed by atoms with Gasteiger partial charge in [-0.3, -0.25) is 4.79 Å². The van der Waals surface area contributed by atoms with Crippen LogP contribution in [-0.4, -0.2) is 22.9 Å². The van der Waals surface area contributed by atoms with Crippen LogP contribution in [0.2, 0.25) is 0 Å². The third-order valence-corrected chi connectivity index (χ3v) is 3.01. The minimum Gasteiger partial charge on any atom is -0.497 e. The number of carbonyl (C=O) groups is 1. The first-order valence-corrected chi connectivity index (χ1v) is 5.90. The van der Waals surface area contributed by atoms with E-state index in [-0.39, 0.29) is 5.78 Å². The second-order valence-corrected chi connectivity index (χ2v) is 4.20. The van der Waals surface area contributed by atoms with E-state index in [0.717, 1.165) is 16.8 Å². The molecular formula is C15H12N2O2. The van der Waals surface area contributed by atoms with Crippen molar-refractivity contribution in [2.45, 2.75) is 0 Å². The molecule has 2 heterocycles. The maximum Gasteiger partial charge on any atom is 0.194 e. The molecule has 0 aliphatic rings. The molecule has 0 atom stereocenters. The van der Waals surface area contributed by atoms with Crippen molar-refractivity contribution in [1.29, 1.82) is 0 Å². The Kier molecular flexibility index (Phi) is 2.76. The third kappa shape index (κ3) is 2.08. The quantitative estimate of drug-likeness (QED) is 0.729. The van der Waals surface area contributed by atoms with Crippen molar-refractivity contribution in [3.8, 4) is 5.75 Å². The number of benzene rings is 1. The summed E-state index contributed by atoms with van der Waals surface area (Å²) in [4.78, 5) is 19.5. The van der Waals surface area contributed by atoms with Crippen LogP contribution in [0.15, 0.2) is 48.8 Å². The normalized spacial score (nSPS) is 10.6. The molecule has 0 fully saturated rings. The van der Waals surface area contributed by atoms with Crippen LogP contribution in [-0.2, 0) is 0 Å². The second kappa shape index (κ2) is 4.57. The zero-order valence-electron chi connectivity index (χ0n) is 10.4. The van der Waals surface area contributed by atoms with Crippen LogP contribution >= 0.6 is 0 Å². The van der Waals surface area contributed by atoms with Crippen molar-refractivity contribution in [3.05, 3.63) is 59.9 Å². The first-order valence-electron chi connectivity index (χ1n) is 5.90. The van der Waals surface area contributed by atoms with Gasteiger partial charge < -0.3 is 9.72 Å². The summed E-state index contributed by atoms with van der Waals surface area (Å²) in [6.45, 7) is 0. The van der Waals surface area contributed by atoms with Gasteiger partial charge in [0.15, 0.2) is 5.78 Å². The Bertz CT molecular complexity index is 729. The van der Waals surface area contributed by atoms with Crippen molar-refractivity contribution in [2.75, 3.05) is 7.11 Å². The molecule has 0 spiro atoms. The maximum atomic E-state index is 12.3. The molecule has 2 aromatic heterocycles. The fourth-order valence-corrected chi connectivity index (χ4v) is 1.97. The Balaban J connectivity index is 1.97. The molecule has 0 radical (unpaired) electrons. The van der Waals surface area contributed by atoms with Crippen LogP contribution < -0.4 is 4.74 Å². The smallest absolute Gasteiger partial charge is 0.194 e. The molecule has 1 N–H and O–H groups in total. The van der Waals surface area contributed by atoms with Gasteiger partial charge in [0.1, 0.15) is 11.4 Å². The summed E-state index contributed by atoms with van der Waals surface area (Å²) in [6.07, 6.45) is 3.39. The zero-order valence-corrected chi connectivity index (χ0v) is 10.4. The van der Waals surface area contributed by atoms with Gasteiger partial charge in [-0.05, 0) is 36.4 Å². The minimum atomic E-state index is -0.0433. The van der Waals surface area contributed by atoms with E-state index in [9.17, 15) is 4.79 Å². The van der Waals surface area contributed by atoms with E-state index in [4.69, 9.17) is 4.74 Å². The monoisotopic (exact) mass is 252 g/mol. The van der Waals surface area contributed by atoms with Crippen molar-refractivity contribution in [2.24, 2.45) is 0 Å². The molecule has 0 unspecified atom stereocenters. The topological polar surface area (TPSA) is 55.0 Å². The second-order valence-electron chi connectivity index (χ2n) is 4.20. The Morgan fingerprint density at radius 2 is 1.95 bits per heavy atom. The number of aromatic amines is 1. The molecular weight excluding hydrogens is 240 g/mol. The van der Waals surface area contributed by atoms with Crippen LogP contribution in [0.3, 0.4) is 0 Å². The molecule has 1 aromatic carbocycles. The van der Waals surface area contributed by atoms with Gasteiger partial charge in [-0.15, -0.1) is 0 Å². The van der Waals surface area contributed by atoms with E-state index in [0.29, 0.717) is 11.1 Å². The van der Waals surface area contributed by atoms with Gasteiger partial charge in [0, 0.05) is 28.9 Å². The Morgan fingerprint density at radius 1 is 1.16 bits per heavy atom. The lowest BCUT2D eigenvalue weighted by Crippen LogP contribution is -2.01. The van der Waals surface area contributed by atoms with Crippen LogP contribution in [0.5, 0.6) is 5.75 Å². The summed E-state index contributed by atoms with van der Waals surface area (Å²) in [5.41, 5.74) is 1.99. The molecule has 0 saturated carbocycles. The van der Waals surface area contributed by atoms with E-state index >= 15 is 0 Å². The molecule has 3 aromatic rings. The highest BCUT2D eigenvalue weighted by Crippen LogP contribution is 2.17. The lowest BCUT2D eigenvalue weighted by molar-refractivity contribution is 0.103. The number of rotatable bonds is 3. The fourth-order valence-electron chi connectivity index (χ4n) is 1.97. The number of methoxy groups -OCH3 is 1. The first-order chi connectivity index (χ1) is 9.28. The highest BCUT2D eigenvalue weighted by atomic mass is 16.5. The van der Waals surface area contributed by atoms with Crippen LogP contribution in [0.25, 0.3) is 11.0 Å². The SMILES string of the molecule is COc1ccc(C(=O)c2cnc3[nH]ccc3c2)cc1. The van der Waals surface area contributed by atoms with Crippen molar-refractivity contribution >= 4 is 16.8 Å². The first kappa shape index (κ1) is 11.5. The number of ether oxygens (including phenoxy) is 1. The van der Waals surface area contributed by atoms with E-state index in [2.05, 4.69) is 9.97 Å². The van der Waals surface area contributed by atoms with Gasteiger partial charge in [0.05, 0.1) is 7.11 Å². The Morgan fingerprint density at radius 3 is 2.68 bits per heavy atom. The van der Waals surface area contributed by atoms with Gasteiger partial charge in [-0.25, -0.2) is 4.98 Å². The number of H-pyrrole nitrogens is 1. The molecule has 0 aliphatic heterocycles. The summed E-state index contributed by atoms with van der Waals surface area (Å²) < 4.78 is 5.07. The lowest BCUT2D eigenvalue weighted by atomic mass is 10.0. The van der Waals surface area contributed by atoms with Gasteiger partial charge in [-0.2, -0.15) is 0 Å². The highest BCUT2D eigenvalue weighted by Gasteiger charge is 2.10. The number of nitrogens with zero attached hydrogens (tertiary/aromatic N) is 1. The highest BCUT2D eigenvalue weighted by molar-refractivity contribution is 6.10. The summed E-state index contributed by atoms with van der Waals surface area (Å²) in [5.74, 6) is 0.689. The molecule has 94 valence electrons. The number of fused-ring (bicyclic) bond motifs is 1.